The zero-order valence-electron chi connectivity index (χ0n) is 10.6. The Morgan fingerprint density at radius 3 is 2.37 bits per heavy atom. The van der Waals surface area contributed by atoms with Crippen LogP contribution in [0.5, 0.6) is 0 Å². The lowest BCUT2D eigenvalue weighted by Gasteiger charge is -1.96. The number of thioether (sulfide) groups is 1. The van der Waals surface area contributed by atoms with Crippen molar-refractivity contribution in [1.82, 2.24) is 0 Å². The normalized spacial score (nSPS) is 9.79. The standard InChI is InChI=1S/C11H14N2O5S/c1-3-17-9(15)5-6-19-7-8(14)10(13-12)11(16)18-4-2/h5-6H,3-4,7H2,1-2H3/b6-5+. The van der Waals surface area contributed by atoms with Crippen molar-refractivity contribution in [2.45, 2.75) is 13.8 Å². The molecule has 0 aliphatic rings. The van der Waals surface area contributed by atoms with Gasteiger partial charge in [-0.25, -0.2) is 9.59 Å². The van der Waals surface area contributed by atoms with E-state index in [2.05, 4.69) is 14.3 Å². The number of Topliss-reactive ketones (excluding diaryl/α,β-unsaturated/α-hetero) is 1. The van der Waals surface area contributed by atoms with E-state index in [-0.39, 0.29) is 19.0 Å². The van der Waals surface area contributed by atoms with Crippen LogP contribution in [0.4, 0.5) is 0 Å². The minimum atomic E-state index is -0.982. The van der Waals surface area contributed by atoms with Crippen molar-refractivity contribution in [3.63, 3.8) is 0 Å². The first kappa shape index (κ1) is 17.1. The highest BCUT2D eigenvalue weighted by molar-refractivity contribution is 8.02. The molecule has 0 heterocycles. The van der Waals surface area contributed by atoms with Crippen molar-refractivity contribution in [3.05, 3.63) is 17.0 Å². The second-order valence-corrected chi connectivity index (χ2v) is 3.85. The van der Waals surface area contributed by atoms with Crippen molar-refractivity contribution in [2.75, 3.05) is 19.0 Å². The molecule has 0 unspecified atom stereocenters. The lowest BCUT2D eigenvalue weighted by Crippen LogP contribution is -2.28. The number of esters is 2. The number of carbonyl (C=O) groups is 3. The number of rotatable bonds is 8. The van der Waals surface area contributed by atoms with Crippen molar-refractivity contribution in [2.24, 2.45) is 0 Å². The number of ketones is 1. The summed E-state index contributed by atoms with van der Waals surface area (Å²) in [6.45, 7) is 3.57. The molecule has 0 saturated carbocycles. The van der Waals surface area contributed by atoms with Gasteiger partial charge in [-0.15, -0.1) is 11.8 Å². The maximum absolute atomic E-state index is 11.5. The molecule has 0 amide bonds. The van der Waals surface area contributed by atoms with Crippen LogP contribution in [0.2, 0.25) is 0 Å². The van der Waals surface area contributed by atoms with Gasteiger partial charge in [-0.3, -0.25) is 4.79 Å². The summed E-state index contributed by atoms with van der Waals surface area (Å²) in [5.41, 5.74) is 7.91. The summed E-state index contributed by atoms with van der Waals surface area (Å²) in [4.78, 5) is 36.2. The molecule has 8 heteroatoms. The maximum atomic E-state index is 11.5. The van der Waals surface area contributed by atoms with Gasteiger partial charge in [-0.2, -0.15) is 4.79 Å². The Hall–Kier alpha value is -1.92. The third kappa shape index (κ3) is 7.17. The van der Waals surface area contributed by atoms with Crippen LogP contribution >= 0.6 is 11.8 Å². The van der Waals surface area contributed by atoms with Gasteiger partial charge in [0.15, 0.2) is 0 Å². The van der Waals surface area contributed by atoms with Gasteiger partial charge < -0.3 is 15.0 Å². The summed E-state index contributed by atoms with van der Waals surface area (Å²) in [7, 11) is 0. The minimum absolute atomic E-state index is 0.0705. The van der Waals surface area contributed by atoms with Gasteiger partial charge in [-0.1, -0.05) is 0 Å². The van der Waals surface area contributed by atoms with Crippen molar-refractivity contribution in [1.29, 1.82) is 0 Å². The van der Waals surface area contributed by atoms with Crippen LogP contribution in [-0.2, 0) is 23.9 Å². The zero-order chi connectivity index (χ0) is 14.7. The lowest BCUT2D eigenvalue weighted by atomic mass is 10.3. The molecule has 0 aliphatic heterocycles. The first-order valence-corrected chi connectivity index (χ1v) is 6.48. The van der Waals surface area contributed by atoms with E-state index in [0.29, 0.717) is 0 Å². The van der Waals surface area contributed by atoms with Crippen LogP contribution in [0.3, 0.4) is 0 Å². The third-order valence-electron chi connectivity index (χ3n) is 1.63. The van der Waals surface area contributed by atoms with Crippen LogP contribution in [0.1, 0.15) is 13.8 Å². The van der Waals surface area contributed by atoms with Crippen LogP contribution in [-0.4, -0.2) is 47.2 Å². The molecular formula is C11H14N2O5S. The maximum Gasteiger partial charge on any atom is 0.442 e. The molecule has 0 fully saturated rings. The average molecular weight is 286 g/mol. The summed E-state index contributed by atoms with van der Waals surface area (Å²) in [5.74, 6) is -2.36. The number of hydrogen-bond donors (Lipinski definition) is 0. The molecule has 104 valence electrons. The Labute approximate surface area is 114 Å². The van der Waals surface area contributed by atoms with E-state index < -0.39 is 23.4 Å². The van der Waals surface area contributed by atoms with Crippen molar-refractivity contribution >= 4 is 35.2 Å². The molecule has 19 heavy (non-hydrogen) atoms. The fraction of sp³-hybridized carbons (Fsp3) is 0.455. The molecule has 0 aliphatic carbocycles. The zero-order valence-corrected chi connectivity index (χ0v) is 11.4. The molecule has 0 aromatic heterocycles. The average Bonchev–Trinajstić information content (AvgIpc) is 2.36. The van der Waals surface area contributed by atoms with Gasteiger partial charge in [0, 0.05) is 6.08 Å². The van der Waals surface area contributed by atoms with Gasteiger partial charge in [-0.05, 0) is 19.3 Å². The Morgan fingerprint density at radius 1 is 1.21 bits per heavy atom. The van der Waals surface area contributed by atoms with Crippen molar-refractivity contribution in [3.8, 4) is 0 Å². The molecule has 0 N–H and O–H groups in total. The smallest absolute Gasteiger partial charge is 0.442 e. The molecule has 0 aromatic rings. The Morgan fingerprint density at radius 2 is 1.84 bits per heavy atom. The molecular weight excluding hydrogens is 272 g/mol. The van der Waals surface area contributed by atoms with Crippen molar-refractivity contribution < 1.29 is 28.6 Å². The highest BCUT2D eigenvalue weighted by atomic mass is 32.2. The quantitative estimate of drug-likeness (QED) is 0.161. The molecule has 0 rings (SSSR count). The van der Waals surface area contributed by atoms with E-state index in [4.69, 9.17) is 5.53 Å². The summed E-state index contributed by atoms with van der Waals surface area (Å²) >= 11 is 0.964. The van der Waals surface area contributed by atoms with Gasteiger partial charge in [0.25, 0.3) is 5.78 Å². The predicted octanol–water partition coefficient (Wildman–Crippen LogP) is 0.599. The van der Waals surface area contributed by atoms with E-state index in [1.54, 1.807) is 13.8 Å². The molecule has 0 saturated heterocycles. The number of nitrogens with zero attached hydrogens (tertiary/aromatic N) is 2. The fourth-order valence-electron chi connectivity index (χ4n) is 0.896. The Kier molecular flexibility index (Phi) is 9.03. The Bertz CT molecular complexity index is 427. The second-order valence-electron chi connectivity index (χ2n) is 2.96. The highest BCUT2D eigenvalue weighted by Crippen LogP contribution is 2.03. The number of carbonyl (C=O) groups excluding carboxylic acids is 3. The highest BCUT2D eigenvalue weighted by Gasteiger charge is 2.30. The van der Waals surface area contributed by atoms with Gasteiger partial charge in [0.2, 0.25) is 0 Å². The molecule has 0 atom stereocenters. The van der Waals surface area contributed by atoms with Crippen LogP contribution in [0.15, 0.2) is 11.5 Å². The van der Waals surface area contributed by atoms with Crippen LogP contribution in [0.25, 0.3) is 5.53 Å². The first-order chi connectivity index (χ1) is 9.06. The van der Waals surface area contributed by atoms with Gasteiger partial charge in [0.1, 0.15) is 0 Å². The summed E-state index contributed by atoms with van der Waals surface area (Å²) < 4.78 is 9.17. The third-order valence-corrected chi connectivity index (χ3v) is 2.39. The van der Waals surface area contributed by atoms with E-state index in [1.807, 2.05) is 0 Å². The topological polar surface area (TPSA) is 106 Å². The van der Waals surface area contributed by atoms with Crippen LogP contribution < -0.4 is 0 Å². The fourth-order valence-corrected chi connectivity index (χ4v) is 1.49. The molecule has 0 spiro atoms. The number of hydrogen-bond acceptors (Lipinski definition) is 6. The molecule has 0 radical (unpaired) electrons. The Balaban J connectivity index is 4.27. The van der Waals surface area contributed by atoms with Gasteiger partial charge >= 0.3 is 17.7 Å². The lowest BCUT2D eigenvalue weighted by molar-refractivity contribution is -0.141. The van der Waals surface area contributed by atoms with Crippen LogP contribution in [0, 0.1) is 0 Å². The van der Waals surface area contributed by atoms with Gasteiger partial charge in [0.05, 0.1) is 19.0 Å². The van der Waals surface area contributed by atoms with E-state index in [1.165, 1.54) is 5.41 Å². The second kappa shape index (κ2) is 10.0. The van der Waals surface area contributed by atoms with E-state index in [0.717, 1.165) is 17.8 Å². The molecule has 0 aromatic carbocycles. The summed E-state index contributed by atoms with van der Waals surface area (Å²) in [5, 5.41) is 1.36. The monoisotopic (exact) mass is 286 g/mol. The minimum Gasteiger partial charge on any atom is -0.463 e. The summed E-state index contributed by atoms with van der Waals surface area (Å²) in [6.07, 6.45) is 1.15. The summed E-state index contributed by atoms with van der Waals surface area (Å²) in [6, 6.07) is 0. The first-order valence-electron chi connectivity index (χ1n) is 5.44. The molecule has 7 nitrogen and oxygen atoms in total. The van der Waals surface area contributed by atoms with E-state index >= 15 is 0 Å². The van der Waals surface area contributed by atoms with E-state index in [9.17, 15) is 14.4 Å². The number of ether oxygens (including phenoxy) is 2. The largest absolute Gasteiger partial charge is 0.463 e. The predicted molar refractivity (Wildman–Crippen MR) is 68.5 cm³/mol. The molecule has 0 bridgehead atoms. The SMILES string of the molecule is CCOC(=O)/C=C/SCC(=O)C(=[N+]=[N-])C(=O)OCC.